The number of carboxylic acid groups (broad SMARTS) is 1. The molecule has 0 aliphatic heterocycles. The molecule has 1 aromatic carbocycles. The van der Waals surface area contributed by atoms with Gasteiger partial charge in [-0.15, -0.1) is 0 Å². The van der Waals surface area contributed by atoms with Crippen LogP contribution in [0.25, 0.3) is 0 Å². The van der Waals surface area contributed by atoms with E-state index in [1.54, 1.807) is 6.92 Å². The highest BCUT2D eigenvalue weighted by atomic mass is 79.9. The number of amides is 1. The number of likely N-dealkylation sites (N-methyl/N-ethyl adjacent to an activating group) is 1. The highest BCUT2D eigenvalue weighted by Gasteiger charge is 2.36. The quantitative estimate of drug-likeness (QED) is 0.904. The Labute approximate surface area is 121 Å². The number of carbonyl (C=O) groups excluding carboxylic acids is 1. The number of carbonyl (C=O) groups is 2. The number of nitrogens with zero attached hydrogens (tertiary/aromatic N) is 1. The highest BCUT2D eigenvalue weighted by Crippen LogP contribution is 2.18. The van der Waals surface area contributed by atoms with Crippen LogP contribution >= 0.6 is 15.9 Å². The topological polar surface area (TPSA) is 57.6 Å². The van der Waals surface area contributed by atoms with Crippen molar-refractivity contribution in [3.8, 4) is 0 Å². The summed E-state index contributed by atoms with van der Waals surface area (Å²) in [6, 6.07) is 7.45. The summed E-state index contributed by atoms with van der Waals surface area (Å²) in [6.07, 6.45) is 0.198. The number of aliphatic carboxylic acids is 1. The van der Waals surface area contributed by atoms with Crippen LogP contribution in [0.5, 0.6) is 0 Å². The molecular formula is C14H18BrNO3. The van der Waals surface area contributed by atoms with Crippen molar-refractivity contribution >= 4 is 27.8 Å². The lowest BCUT2D eigenvalue weighted by atomic mass is 10.0. The fourth-order valence-corrected chi connectivity index (χ4v) is 2.36. The Kier molecular flexibility index (Phi) is 5.11. The molecular weight excluding hydrogens is 310 g/mol. The predicted octanol–water partition coefficient (Wildman–Crippen LogP) is 2.70. The highest BCUT2D eigenvalue weighted by molar-refractivity contribution is 9.10. The molecule has 4 nitrogen and oxygen atoms in total. The first kappa shape index (κ1) is 15.7. The third kappa shape index (κ3) is 3.80. The zero-order valence-electron chi connectivity index (χ0n) is 11.3. The van der Waals surface area contributed by atoms with Crippen LogP contribution in [0, 0.1) is 0 Å². The van der Waals surface area contributed by atoms with E-state index >= 15 is 0 Å². The van der Waals surface area contributed by atoms with E-state index in [9.17, 15) is 14.7 Å². The number of hydrogen-bond acceptors (Lipinski definition) is 2. The molecule has 0 unspecified atom stereocenters. The maximum atomic E-state index is 12.3. The van der Waals surface area contributed by atoms with E-state index in [0.29, 0.717) is 6.54 Å². The Hall–Kier alpha value is -1.36. The molecule has 0 spiro atoms. The van der Waals surface area contributed by atoms with Crippen LogP contribution < -0.4 is 0 Å². The number of halogens is 1. The van der Waals surface area contributed by atoms with Gasteiger partial charge in [-0.25, -0.2) is 4.79 Å². The van der Waals surface area contributed by atoms with Crippen molar-refractivity contribution in [2.75, 3.05) is 6.54 Å². The summed E-state index contributed by atoms with van der Waals surface area (Å²) in [7, 11) is 0. The molecule has 0 aromatic heterocycles. The molecule has 19 heavy (non-hydrogen) atoms. The minimum atomic E-state index is -1.20. The van der Waals surface area contributed by atoms with Gasteiger partial charge in [0.2, 0.25) is 5.91 Å². The van der Waals surface area contributed by atoms with Gasteiger partial charge in [-0.05, 0) is 38.5 Å². The minimum Gasteiger partial charge on any atom is -0.480 e. The van der Waals surface area contributed by atoms with Gasteiger partial charge in [-0.3, -0.25) is 4.79 Å². The molecule has 1 N–H and O–H groups in total. The second-order valence-electron chi connectivity index (χ2n) is 4.81. The maximum absolute atomic E-state index is 12.3. The zero-order valence-corrected chi connectivity index (χ0v) is 12.9. The Morgan fingerprint density at radius 1 is 1.37 bits per heavy atom. The summed E-state index contributed by atoms with van der Waals surface area (Å²) in [5.74, 6) is -1.19. The van der Waals surface area contributed by atoms with Crippen molar-refractivity contribution in [2.45, 2.75) is 32.7 Å². The molecule has 0 aliphatic carbocycles. The van der Waals surface area contributed by atoms with E-state index < -0.39 is 11.5 Å². The Balaban J connectivity index is 2.89. The number of rotatable bonds is 5. The summed E-state index contributed by atoms with van der Waals surface area (Å²) >= 11 is 3.35. The average molecular weight is 328 g/mol. The number of carboxylic acids is 1. The molecule has 0 heterocycles. The van der Waals surface area contributed by atoms with E-state index in [2.05, 4.69) is 15.9 Å². The average Bonchev–Trinajstić information content (AvgIpc) is 2.29. The summed E-state index contributed by atoms with van der Waals surface area (Å²) in [5.41, 5.74) is -0.336. The number of hydrogen-bond donors (Lipinski definition) is 1. The van der Waals surface area contributed by atoms with Gasteiger partial charge < -0.3 is 10.0 Å². The molecule has 1 rings (SSSR count). The normalized spacial score (nSPS) is 11.2. The van der Waals surface area contributed by atoms with Crippen LogP contribution in [0.3, 0.4) is 0 Å². The van der Waals surface area contributed by atoms with Gasteiger partial charge >= 0.3 is 5.97 Å². The lowest BCUT2D eigenvalue weighted by Crippen LogP contribution is -2.53. The minimum absolute atomic E-state index is 0.187. The maximum Gasteiger partial charge on any atom is 0.329 e. The van der Waals surface area contributed by atoms with Crippen molar-refractivity contribution in [3.63, 3.8) is 0 Å². The Bertz CT molecular complexity index is 485. The summed E-state index contributed by atoms with van der Waals surface area (Å²) in [6.45, 7) is 5.23. The first-order chi connectivity index (χ1) is 8.78. The molecule has 5 heteroatoms. The Morgan fingerprint density at radius 3 is 2.47 bits per heavy atom. The van der Waals surface area contributed by atoms with Crippen molar-refractivity contribution < 1.29 is 14.7 Å². The molecule has 0 fully saturated rings. The van der Waals surface area contributed by atoms with Crippen molar-refractivity contribution in [1.29, 1.82) is 0 Å². The third-order valence-electron chi connectivity index (χ3n) is 3.06. The molecule has 0 bridgehead atoms. The van der Waals surface area contributed by atoms with Crippen LogP contribution in [-0.2, 0) is 16.0 Å². The van der Waals surface area contributed by atoms with Crippen molar-refractivity contribution in [3.05, 3.63) is 34.3 Å². The van der Waals surface area contributed by atoms with Gasteiger partial charge in [-0.1, -0.05) is 28.1 Å². The predicted molar refractivity (Wildman–Crippen MR) is 76.9 cm³/mol. The van der Waals surface area contributed by atoms with E-state index in [4.69, 9.17) is 0 Å². The molecule has 0 saturated carbocycles. The van der Waals surface area contributed by atoms with Gasteiger partial charge in [0.15, 0.2) is 0 Å². The lowest BCUT2D eigenvalue weighted by Gasteiger charge is -2.34. The monoisotopic (exact) mass is 327 g/mol. The summed E-state index contributed by atoms with van der Waals surface area (Å²) in [4.78, 5) is 24.9. The van der Waals surface area contributed by atoms with E-state index in [-0.39, 0.29) is 12.3 Å². The van der Waals surface area contributed by atoms with Crippen LogP contribution in [0.4, 0.5) is 0 Å². The van der Waals surface area contributed by atoms with Crippen molar-refractivity contribution in [2.24, 2.45) is 0 Å². The molecule has 0 aliphatic rings. The number of benzene rings is 1. The SMILES string of the molecule is CCN(C(=O)Cc1cccc(Br)c1)C(C)(C)C(=O)O. The van der Waals surface area contributed by atoms with Gasteiger partial charge in [0.1, 0.15) is 5.54 Å². The largest absolute Gasteiger partial charge is 0.480 e. The van der Waals surface area contributed by atoms with Crippen LogP contribution in [0.2, 0.25) is 0 Å². The first-order valence-corrected chi connectivity index (χ1v) is 6.86. The first-order valence-electron chi connectivity index (χ1n) is 6.07. The Morgan fingerprint density at radius 2 is 2.00 bits per heavy atom. The molecule has 0 radical (unpaired) electrons. The molecule has 0 saturated heterocycles. The van der Waals surface area contributed by atoms with Crippen LogP contribution in [0.15, 0.2) is 28.7 Å². The molecule has 0 atom stereocenters. The van der Waals surface area contributed by atoms with Gasteiger partial charge in [0, 0.05) is 11.0 Å². The third-order valence-corrected chi connectivity index (χ3v) is 3.55. The standard InChI is InChI=1S/C14H18BrNO3/c1-4-16(14(2,3)13(18)19)12(17)9-10-6-5-7-11(15)8-10/h5-8H,4,9H2,1-3H3,(H,18,19). The zero-order chi connectivity index (χ0) is 14.6. The van der Waals surface area contributed by atoms with E-state index in [1.807, 2.05) is 24.3 Å². The molecule has 104 valence electrons. The van der Waals surface area contributed by atoms with E-state index in [1.165, 1.54) is 18.7 Å². The van der Waals surface area contributed by atoms with E-state index in [0.717, 1.165) is 10.0 Å². The smallest absolute Gasteiger partial charge is 0.329 e. The van der Waals surface area contributed by atoms with Gasteiger partial charge in [0.05, 0.1) is 6.42 Å². The van der Waals surface area contributed by atoms with Gasteiger partial charge in [0.25, 0.3) is 0 Å². The van der Waals surface area contributed by atoms with Crippen molar-refractivity contribution in [1.82, 2.24) is 4.90 Å². The molecule has 1 aromatic rings. The summed E-state index contributed by atoms with van der Waals surface area (Å²) < 4.78 is 0.901. The second-order valence-corrected chi connectivity index (χ2v) is 5.72. The summed E-state index contributed by atoms with van der Waals surface area (Å²) in [5, 5.41) is 9.20. The fourth-order valence-electron chi connectivity index (χ4n) is 1.92. The molecule has 1 amide bonds. The van der Waals surface area contributed by atoms with Crippen LogP contribution in [0.1, 0.15) is 26.3 Å². The van der Waals surface area contributed by atoms with Gasteiger partial charge in [-0.2, -0.15) is 0 Å². The fraction of sp³-hybridized carbons (Fsp3) is 0.429. The van der Waals surface area contributed by atoms with Crippen LogP contribution in [-0.4, -0.2) is 34.0 Å². The second kappa shape index (κ2) is 6.19. The lowest BCUT2D eigenvalue weighted by molar-refractivity contribution is -0.156.